The average molecular weight is 379 g/mol. The molecule has 1 aliphatic rings. The lowest BCUT2D eigenvalue weighted by Crippen LogP contribution is -2.21. The van der Waals surface area contributed by atoms with Gasteiger partial charge in [0, 0.05) is 12.7 Å². The number of hydrogen-bond acceptors (Lipinski definition) is 6. The second kappa shape index (κ2) is 6.10. The summed E-state index contributed by atoms with van der Waals surface area (Å²) in [7, 11) is 0. The van der Waals surface area contributed by atoms with Gasteiger partial charge in [0.05, 0.1) is 10.3 Å². The predicted molar refractivity (Wildman–Crippen MR) is 101 cm³/mol. The molecule has 8 heteroatoms. The fourth-order valence-electron chi connectivity index (χ4n) is 2.98. The minimum Gasteiger partial charge on any atom is -0.454 e. The van der Waals surface area contributed by atoms with Crippen LogP contribution in [0.2, 0.25) is 0 Å². The van der Waals surface area contributed by atoms with Gasteiger partial charge in [-0.15, -0.1) is 11.3 Å². The molecule has 0 radical (unpaired) electrons. The number of rotatable bonds is 3. The lowest BCUT2D eigenvalue weighted by molar-refractivity contribution is 0.0955. The fourth-order valence-corrected chi connectivity index (χ4v) is 3.93. The lowest BCUT2D eigenvalue weighted by atomic mass is 10.2. The molecule has 1 aromatic carbocycles. The van der Waals surface area contributed by atoms with E-state index in [1.54, 1.807) is 24.4 Å². The molecule has 4 aromatic rings. The maximum atomic E-state index is 12.6. The van der Waals surface area contributed by atoms with Crippen LogP contribution in [-0.4, -0.2) is 22.1 Å². The van der Waals surface area contributed by atoms with E-state index < -0.39 is 0 Å². The topological polar surface area (TPSA) is 81.9 Å². The van der Waals surface area contributed by atoms with E-state index in [4.69, 9.17) is 9.47 Å². The standard InChI is InChI=1S/C19H13N3O4S/c23-17(20-9-11-4-5-13-14(7-11)26-10-25-13)15-8-12-18(27-15)21-16-3-1-2-6-22(16)19(12)24/h1-8H,9-10H2,(H,20,23). The fraction of sp³-hybridized carbons (Fsp3) is 0.105. The van der Waals surface area contributed by atoms with E-state index in [2.05, 4.69) is 10.3 Å². The number of hydrogen-bond donors (Lipinski definition) is 1. The molecule has 1 aliphatic heterocycles. The number of nitrogens with zero attached hydrogens (tertiary/aromatic N) is 2. The van der Waals surface area contributed by atoms with Crippen molar-refractivity contribution in [3.05, 3.63) is 69.5 Å². The Bertz CT molecular complexity index is 1260. The van der Waals surface area contributed by atoms with E-state index in [-0.39, 0.29) is 18.3 Å². The molecular weight excluding hydrogens is 366 g/mol. The Balaban J connectivity index is 1.41. The van der Waals surface area contributed by atoms with E-state index in [1.165, 1.54) is 15.7 Å². The minimum absolute atomic E-state index is 0.179. The number of fused-ring (bicyclic) bond motifs is 3. The zero-order valence-corrected chi connectivity index (χ0v) is 14.8. The number of amides is 1. The normalized spacial score (nSPS) is 12.6. The molecule has 0 aliphatic carbocycles. The van der Waals surface area contributed by atoms with E-state index in [9.17, 15) is 9.59 Å². The molecule has 1 N–H and O–H groups in total. The summed E-state index contributed by atoms with van der Waals surface area (Å²) in [6.07, 6.45) is 1.67. The molecule has 0 unspecified atom stereocenters. The number of carbonyl (C=O) groups excluding carboxylic acids is 1. The van der Waals surface area contributed by atoms with E-state index in [0.717, 1.165) is 5.56 Å². The lowest BCUT2D eigenvalue weighted by Gasteiger charge is -2.04. The largest absolute Gasteiger partial charge is 0.454 e. The van der Waals surface area contributed by atoms with Crippen LogP contribution in [0.5, 0.6) is 11.5 Å². The summed E-state index contributed by atoms with van der Waals surface area (Å²) < 4.78 is 12.1. The average Bonchev–Trinajstić information content (AvgIpc) is 3.33. The highest BCUT2D eigenvalue weighted by molar-refractivity contribution is 7.20. The molecule has 0 atom stereocenters. The van der Waals surface area contributed by atoms with Crippen molar-refractivity contribution in [1.29, 1.82) is 0 Å². The third-order valence-corrected chi connectivity index (χ3v) is 5.36. The van der Waals surface area contributed by atoms with Gasteiger partial charge >= 0.3 is 0 Å². The molecule has 0 fully saturated rings. The molecule has 0 spiro atoms. The van der Waals surface area contributed by atoms with Gasteiger partial charge in [-0.3, -0.25) is 14.0 Å². The monoisotopic (exact) mass is 379 g/mol. The van der Waals surface area contributed by atoms with E-state index >= 15 is 0 Å². The van der Waals surface area contributed by atoms with Crippen molar-refractivity contribution in [2.75, 3.05) is 6.79 Å². The van der Waals surface area contributed by atoms with Crippen LogP contribution >= 0.6 is 11.3 Å². The number of thiophene rings is 1. The first kappa shape index (κ1) is 15.8. The van der Waals surface area contributed by atoms with Gasteiger partial charge in [0.15, 0.2) is 11.5 Å². The highest BCUT2D eigenvalue weighted by Crippen LogP contribution is 2.32. The zero-order chi connectivity index (χ0) is 18.4. The molecular formula is C19H13N3O4S. The van der Waals surface area contributed by atoms with Gasteiger partial charge in [0.2, 0.25) is 6.79 Å². The second-order valence-corrected chi connectivity index (χ2v) is 7.08. The Kier molecular flexibility index (Phi) is 3.58. The molecule has 1 amide bonds. The Morgan fingerprint density at radius 2 is 2.07 bits per heavy atom. The molecule has 134 valence electrons. The molecule has 4 heterocycles. The van der Waals surface area contributed by atoms with Crippen LogP contribution in [0.1, 0.15) is 15.2 Å². The first-order valence-electron chi connectivity index (χ1n) is 8.27. The highest BCUT2D eigenvalue weighted by atomic mass is 32.1. The van der Waals surface area contributed by atoms with Gasteiger partial charge in [0.1, 0.15) is 10.5 Å². The van der Waals surface area contributed by atoms with Crippen molar-refractivity contribution >= 4 is 33.1 Å². The van der Waals surface area contributed by atoms with Crippen LogP contribution in [0, 0.1) is 0 Å². The maximum absolute atomic E-state index is 12.6. The number of pyridine rings is 1. The van der Waals surface area contributed by atoms with Crippen molar-refractivity contribution < 1.29 is 14.3 Å². The molecule has 27 heavy (non-hydrogen) atoms. The van der Waals surface area contributed by atoms with Crippen LogP contribution < -0.4 is 20.3 Å². The van der Waals surface area contributed by atoms with Crippen molar-refractivity contribution in [3.8, 4) is 11.5 Å². The van der Waals surface area contributed by atoms with Crippen LogP contribution in [0.3, 0.4) is 0 Å². The number of nitrogens with one attached hydrogen (secondary N) is 1. The van der Waals surface area contributed by atoms with Gasteiger partial charge in [0.25, 0.3) is 11.5 Å². The van der Waals surface area contributed by atoms with Crippen LogP contribution in [0.4, 0.5) is 0 Å². The Hall–Kier alpha value is -3.39. The molecule has 0 saturated heterocycles. The van der Waals surface area contributed by atoms with Crippen molar-refractivity contribution in [3.63, 3.8) is 0 Å². The molecule has 0 saturated carbocycles. The van der Waals surface area contributed by atoms with E-state index in [1.807, 2.05) is 24.3 Å². The van der Waals surface area contributed by atoms with Crippen molar-refractivity contribution in [2.24, 2.45) is 0 Å². The third kappa shape index (κ3) is 2.70. The second-order valence-electron chi connectivity index (χ2n) is 6.05. The van der Waals surface area contributed by atoms with Gasteiger partial charge < -0.3 is 14.8 Å². The predicted octanol–water partition coefficient (Wildman–Crippen LogP) is 2.57. The Labute approximate surface area is 156 Å². The molecule has 0 bridgehead atoms. The molecule has 7 nitrogen and oxygen atoms in total. The number of ether oxygens (including phenoxy) is 2. The summed E-state index contributed by atoms with van der Waals surface area (Å²) in [6.45, 7) is 0.557. The van der Waals surface area contributed by atoms with Gasteiger partial charge in [-0.05, 0) is 35.9 Å². The van der Waals surface area contributed by atoms with E-state index in [0.29, 0.717) is 38.8 Å². The maximum Gasteiger partial charge on any atom is 0.266 e. The van der Waals surface area contributed by atoms with Crippen LogP contribution in [0.15, 0.2) is 53.5 Å². The quantitative estimate of drug-likeness (QED) is 0.592. The Morgan fingerprint density at radius 3 is 3.00 bits per heavy atom. The van der Waals surface area contributed by atoms with Crippen LogP contribution in [0.25, 0.3) is 15.9 Å². The summed E-state index contributed by atoms with van der Waals surface area (Å²) in [5.74, 6) is 1.13. The van der Waals surface area contributed by atoms with Crippen molar-refractivity contribution in [1.82, 2.24) is 14.7 Å². The summed E-state index contributed by atoms with van der Waals surface area (Å²) >= 11 is 1.21. The van der Waals surface area contributed by atoms with Crippen LogP contribution in [-0.2, 0) is 6.54 Å². The van der Waals surface area contributed by atoms with Crippen molar-refractivity contribution in [2.45, 2.75) is 6.54 Å². The summed E-state index contributed by atoms with van der Waals surface area (Å²) in [6, 6.07) is 12.5. The SMILES string of the molecule is O=C(NCc1ccc2c(c1)OCO2)c1cc2c(=O)n3ccccc3nc2s1. The number of benzene rings is 1. The summed E-state index contributed by atoms with van der Waals surface area (Å²) in [4.78, 5) is 30.6. The smallest absolute Gasteiger partial charge is 0.266 e. The summed E-state index contributed by atoms with van der Waals surface area (Å²) in [5, 5.41) is 3.31. The first-order valence-corrected chi connectivity index (χ1v) is 9.08. The number of aromatic nitrogens is 2. The zero-order valence-electron chi connectivity index (χ0n) is 14.0. The minimum atomic E-state index is -0.246. The highest BCUT2D eigenvalue weighted by Gasteiger charge is 2.16. The third-order valence-electron chi connectivity index (χ3n) is 4.33. The van der Waals surface area contributed by atoms with Gasteiger partial charge in [-0.25, -0.2) is 4.98 Å². The Morgan fingerprint density at radius 1 is 1.19 bits per heavy atom. The van der Waals surface area contributed by atoms with Gasteiger partial charge in [-0.1, -0.05) is 12.1 Å². The molecule has 3 aromatic heterocycles. The molecule has 5 rings (SSSR count). The first-order chi connectivity index (χ1) is 13.2. The van der Waals surface area contributed by atoms with Gasteiger partial charge in [-0.2, -0.15) is 0 Å². The summed E-state index contributed by atoms with van der Waals surface area (Å²) in [5.41, 5.74) is 1.28. The number of carbonyl (C=O) groups is 1.